The van der Waals surface area contributed by atoms with E-state index in [0.717, 1.165) is 0 Å². The van der Waals surface area contributed by atoms with Crippen molar-refractivity contribution in [3.8, 4) is 11.5 Å². The van der Waals surface area contributed by atoms with Gasteiger partial charge < -0.3 is 24.3 Å². The first kappa shape index (κ1) is 16.2. The predicted molar refractivity (Wildman–Crippen MR) is 70.4 cm³/mol. The zero-order valence-corrected chi connectivity index (χ0v) is 12.4. The first-order chi connectivity index (χ1) is 9.83. The maximum atomic E-state index is 13.2. The molecule has 118 valence electrons. The number of para-hydroxylation sites is 1. The van der Waals surface area contributed by atoms with Crippen molar-refractivity contribution in [1.29, 1.82) is 0 Å². The Morgan fingerprint density at radius 3 is 2.48 bits per heavy atom. The molecule has 0 saturated heterocycles. The van der Waals surface area contributed by atoms with Crippen LogP contribution in [0.5, 0.6) is 11.5 Å². The molecule has 9 heteroatoms. The van der Waals surface area contributed by atoms with Gasteiger partial charge in [0.2, 0.25) is 0 Å². The largest absolute Gasteiger partial charge is 0.586 e. The number of ether oxygens (including phenoxy) is 2. The van der Waals surface area contributed by atoms with E-state index in [1.54, 1.807) is 13.8 Å². The molecule has 1 aliphatic heterocycles. The average Bonchev–Trinajstić information content (AvgIpc) is 2.72. The average molecular weight is 323 g/mol. The number of hydrogen-bond acceptors (Lipinski definition) is 6. The number of rotatable bonds is 6. The van der Waals surface area contributed by atoms with Crippen LogP contribution in [0.1, 0.15) is 25.2 Å². The Morgan fingerprint density at radius 2 is 1.90 bits per heavy atom. The van der Waals surface area contributed by atoms with E-state index < -0.39 is 19.7 Å². The minimum absolute atomic E-state index is 0.0786. The quantitative estimate of drug-likeness (QED) is 0.810. The Bertz CT molecular complexity index is 559. The van der Waals surface area contributed by atoms with Crippen molar-refractivity contribution < 1.29 is 31.9 Å². The summed E-state index contributed by atoms with van der Waals surface area (Å²) in [5.74, 6) is -1.69. The summed E-state index contributed by atoms with van der Waals surface area (Å²) in [4.78, 5) is 0. The van der Waals surface area contributed by atoms with E-state index in [1.807, 2.05) is 0 Å². The second-order valence-electron chi connectivity index (χ2n) is 4.16. The molecule has 21 heavy (non-hydrogen) atoms. The SMILES string of the molecule is CCOP(=O)(OCC)[C@H](N)c1cccc2c1OC(F)(F)O2. The summed E-state index contributed by atoms with van der Waals surface area (Å²) >= 11 is 0. The van der Waals surface area contributed by atoms with Gasteiger partial charge in [-0.05, 0) is 19.9 Å². The van der Waals surface area contributed by atoms with Crippen LogP contribution in [-0.4, -0.2) is 19.5 Å². The molecular weight excluding hydrogens is 307 g/mol. The lowest BCUT2D eigenvalue weighted by Crippen LogP contribution is -2.26. The smallest absolute Gasteiger partial charge is 0.395 e. The number of hydrogen-bond donors (Lipinski definition) is 1. The summed E-state index contributed by atoms with van der Waals surface area (Å²) in [6.07, 6.45) is -3.78. The Kier molecular flexibility index (Phi) is 4.53. The zero-order chi connectivity index (χ0) is 15.7. The highest BCUT2D eigenvalue weighted by molar-refractivity contribution is 7.54. The predicted octanol–water partition coefficient (Wildman–Crippen LogP) is 3.23. The van der Waals surface area contributed by atoms with Gasteiger partial charge in [0.15, 0.2) is 11.5 Å². The summed E-state index contributed by atoms with van der Waals surface area (Å²) < 4.78 is 57.9. The molecule has 1 atom stereocenters. The van der Waals surface area contributed by atoms with E-state index in [9.17, 15) is 13.3 Å². The van der Waals surface area contributed by atoms with Crippen molar-refractivity contribution in [1.82, 2.24) is 0 Å². The molecule has 0 fully saturated rings. The maximum absolute atomic E-state index is 13.2. The highest BCUT2D eigenvalue weighted by Crippen LogP contribution is 2.61. The van der Waals surface area contributed by atoms with Gasteiger partial charge in [0.1, 0.15) is 5.78 Å². The molecular formula is C12H16F2NO5P. The van der Waals surface area contributed by atoms with Gasteiger partial charge in [-0.2, -0.15) is 0 Å². The Hall–Kier alpha value is -1.21. The molecule has 0 saturated carbocycles. The lowest BCUT2D eigenvalue weighted by atomic mass is 10.2. The molecule has 1 aliphatic rings. The van der Waals surface area contributed by atoms with Crippen molar-refractivity contribution in [2.45, 2.75) is 25.9 Å². The number of halogens is 2. The topological polar surface area (TPSA) is 80.0 Å². The van der Waals surface area contributed by atoms with Gasteiger partial charge >= 0.3 is 13.9 Å². The fourth-order valence-corrected chi connectivity index (χ4v) is 3.61. The van der Waals surface area contributed by atoms with Gasteiger partial charge in [0, 0.05) is 5.56 Å². The highest BCUT2D eigenvalue weighted by Gasteiger charge is 2.47. The molecule has 0 aromatic heterocycles. The molecule has 0 spiro atoms. The molecule has 0 amide bonds. The Labute approximate surface area is 120 Å². The van der Waals surface area contributed by atoms with Crippen molar-refractivity contribution in [3.63, 3.8) is 0 Å². The summed E-state index contributed by atoms with van der Waals surface area (Å²) in [7, 11) is -3.71. The highest BCUT2D eigenvalue weighted by atomic mass is 31.2. The molecule has 0 aliphatic carbocycles. The third-order valence-corrected chi connectivity index (χ3v) is 4.93. The van der Waals surface area contributed by atoms with Crippen LogP contribution in [0.4, 0.5) is 8.78 Å². The van der Waals surface area contributed by atoms with Gasteiger partial charge in [-0.25, -0.2) is 0 Å². The van der Waals surface area contributed by atoms with Crippen molar-refractivity contribution in [2.75, 3.05) is 13.2 Å². The molecule has 0 unspecified atom stereocenters. The van der Waals surface area contributed by atoms with Crippen LogP contribution in [0.3, 0.4) is 0 Å². The minimum Gasteiger partial charge on any atom is -0.395 e. The molecule has 6 nitrogen and oxygen atoms in total. The lowest BCUT2D eigenvalue weighted by Gasteiger charge is -2.24. The normalized spacial score (nSPS) is 17.8. The first-order valence-electron chi connectivity index (χ1n) is 6.36. The maximum Gasteiger partial charge on any atom is 0.586 e. The van der Waals surface area contributed by atoms with Crippen molar-refractivity contribution in [2.24, 2.45) is 5.73 Å². The van der Waals surface area contributed by atoms with E-state index >= 15 is 0 Å². The standard InChI is InChI=1S/C12H16F2NO5P/c1-3-17-21(16,18-4-2)11(15)8-6-5-7-9-10(8)20-12(13,14)19-9/h5-7,11H,3-4,15H2,1-2H3/t11-/m0/s1. The van der Waals surface area contributed by atoms with Crippen LogP contribution in [-0.2, 0) is 13.6 Å². The van der Waals surface area contributed by atoms with Crippen LogP contribution in [0.15, 0.2) is 18.2 Å². The second-order valence-corrected chi connectivity index (χ2v) is 6.31. The molecule has 1 heterocycles. The Balaban J connectivity index is 2.39. The first-order valence-corrected chi connectivity index (χ1v) is 7.97. The monoisotopic (exact) mass is 323 g/mol. The lowest BCUT2D eigenvalue weighted by molar-refractivity contribution is -0.287. The van der Waals surface area contributed by atoms with Crippen LogP contribution in [0.2, 0.25) is 0 Å². The van der Waals surface area contributed by atoms with Gasteiger partial charge in [-0.1, -0.05) is 12.1 Å². The van der Waals surface area contributed by atoms with Crippen LogP contribution in [0, 0.1) is 0 Å². The zero-order valence-electron chi connectivity index (χ0n) is 11.5. The van der Waals surface area contributed by atoms with Crippen LogP contribution < -0.4 is 15.2 Å². The summed E-state index contributed by atoms with van der Waals surface area (Å²) in [5, 5.41) is 0. The van der Waals surface area contributed by atoms with Gasteiger partial charge in [0.25, 0.3) is 0 Å². The molecule has 0 radical (unpaired) electrons. The van der Waals surface area contributed by atoms with E-state index in [1.165, 1.54) is 18.2 Å². The van der Waals surface area contributed by atoms with Crippen LogP contribution >= 0.6 is 7.60 Å². The van der Waals surface area contributed by atoms with Gasteiger partial charge in [0.05, 0.1) is 13.2 Å². The molecule has 2 rings (SSSR count). The number of nitrogens with two attached hydrogens (primary N) is 1. The fraction of sp³-hybridized carbons (Fsp3) is 0.500. The third kappa shape index (κ3) is 3.18. The van der Waals surface area contributed by atoms with E-state index in [4.69, 9.17) is 14.8 Å². The number of alkyl halides is 2. The van der Waals surface area contributed by atoms with Gasteiger partial charge in [-0.15, -0.1) is 8.78 Å². The number of benzene rings is 1. The van der Waals surface area contributed by atoms with E-state index in [2.05, 4.69) is 9.47 Å². The van der Waals surface area contributed by atoms with Gasteiger partial charge in [-0.3, -0.25) is 4.57 Å². The molecule has 2 N–H and O–H groups in total. The van der Waals surface area contributed by atoms with E-state index in [-0.39, 0.29) is 30.3 Å². The number of fused-ring (bicyclic) bond motifs is 1. The summed E-state index contributed by atoms with van der Waals surface area (Å²) in [5.41, 5.74) is 5.99. The molecule has 0 bridgehead atoms. The van der Waals surface area contributed by atoms with Crippen molar-refractivity contribution >= 4 is 7.60 Å². The minimum atomic E-state index is -3.78. The fourth-order valence-electron chi connectivity index (χ4n) is 1.95. The summed E-state index contributed by atoms with van der Waals surface area (Å²) in [6.45, 7) is 3.46. The van der Waals surface area contributed by atoms with E-state index in [0.29, 0.717) is 0 Å². The molecule has 1 aromatic rings. The van der Waals surface area contributed by atoms with Crippen LogP contribution in [0.25, 0.3) is 0 Å². The second kappa shape index (κ2) is 5.88. The molecule has 1 aromatic carbocycles. The Morgan fingerprint density at radius 1 is 1.29 bits per heavy atom. The third-order valence-electron chi connectivity index (χ3n) is 2.74. The van der Waals surface area contributed by atoms with Crippen molar-refractivity contribution in [3.05, 3.63) is 23.8 Å². The summed E-state index contributed by atoms with van der Waals surface area (Å²) in [6, 6.07) is 4.17.